The third-order valence-electron chi connectivity index (χ3n) is 3.10. The van der Waals surface area contributed by atoms with Crippen LogP contribution in [0.1, 0.15) is 36.7 Å². The van der Waals surface area contributed by atoms with E-state index in [1.807, 2.05) is 31.6 Å². The van der Waals surface area contributed by atoms with Crippen LogP contribution in [0, 0.1) is 13.8 Å². The minimum Gasteiger partial charge on any atom is -0.482 e. The van der Waals surface area contributed by atoms with Crippen LogP contribution >= 0.6 is 0 Å². The maximum absolute atomic E-state index is 5.78. The van der Waals surface area contributed by atoms with Crippen molar-refractivity contribution in [3.05, 3.63) is 28.9 Å². The predicted molar refractivity (Wildman–Crippen MR) is 75.5 cm³/mol. The van der Waals surface area contributed by atoms with Crippen LogP contribution in [0.25, 0.3) is 0 Å². The first kappa shape index (κ1) is 14.6. The van der Waals surface area contributed by atoms with Gasteiger partial charge < -0.3 is 14.6 Å². The highest BCUT2D eigenvalue weighted by Gasteiger charge is 2.12. The summed E-state index contributed by atoms with van der Waals surface area (Å²) in [4.78, 5) is 0. The zero-order chi connectivity index (χ0) is 14.7. The van der Waals surface area contributed by atoms with Crippen molar-refractivity contribution in [3.8, 4) is 5.75 Å². The second-order valence-electron chi connectivity index (χ2n) is 5.23. The largest absolute Gasteiger partial charge is 0.482 e. The molecule has 0 amide bonds. The Bertz CT molecular complexity index is 572. The molecule has 0 aliphatic rings. The number of hydrogen-bond donors (Lipinski definition) is 1. The van der Waals surface area contributed by atoms with Gasteiger partial charge in [0, 0.05) is 25.7 Å². The molecule has 0 fully saturated rings. The summed E-state index contributed by atoms with van der Waals surface area (Å²) in [5, 5.41) is 11.6. The Morgan fingerprint density at radius 1 is 1.40 bits per heavy atom. The first-order chi connectivity index (χ1) is 9.47. The Hall–Kier alpha value is -1.82. The molecule has 2 rings (SSSR count). The van der Waals surface area contributed by atoms with E-state index in [0.29, 0.717) is 25.0 Å². The standard InChI is InChI=1S/C14H22N4O2/c1-9(2)15-7-12-6-13(20-17-12)8-19-14-10(3)16-18(5)11(14)4/h6,9,15H,7-8H2,1-5H3. The van der Waals surface area contributed by atoms with Gasteiger partial charge in [-0.15, -0.1) is 0 Å². The Balaban J connectivity index is 1.94. The summed E-state index contributed by atoms with van der Waals surface area (Å²) in [6.07, 6.45) is 0. The zero-order valence-corrected chi connectivity index (χ0v) is 12.7. The molecule has 0 unspecified atom stereocenters. The molecule has 0 atom stereocenters. The number of nitrogens with one attached hydrogen (secondary N) is 1. The molecule has 2 aromatic rings. The van der Waals surface area contributed by atoms with Crippen LogP contribution < -0.4 is 10.1 Å². The van der Waals surface area contributed by atoms with Crippen molar-refractivity contribution in [1.82, 2.24) is 20.3 Å². The summed E-state index contributed by atoms with van der Waals surface area (Å²) in [7, 11) is 1.90. The van der Waals surface area contributed by atoms with Crippen LogP contribution in [-0.4, -0.2) is 21.0 Å². The maximum Gasteiger partial charge on any atom is 0.174 e. The van der Waals surface area contributed by atoms with Gasteiger partial charge in [0.2, 0.25) is 0 Å². The topological polar surface area (TPSA) is 65.1 Å². The average molecular weight is 278 g/mol. The molecule has 0 aliphatic heterocycles. The number of rotatable bonds is 6. The van der Waals surface area contributed by atoms with E-state index < -0.39 is 0 Å². The zero-order valence-electron chi connectivity index (χ0n) is 12.7. The van der Waals surface area contributed by atoms with Crippen molar-refractivity contribution < 1.29 is 9.26 Å². The second kappa shape index (κ2) is 6.09. The van der Waals surface area contributed by atoms with Gasteiger partial charge in [-0.25, -0.2) is 0 Å². The molecule has 0 spiro atoms. The smallest absolute Gasteiger partial charge is 0.174 e. The third-order valence-corrected chi connectivity index (χ3v) is 3.10. The first-order valence-electron chi connectivity index (χ1n) is 6.78. The molecule has 0 bridgehead atoms. The molecule has 0 aromatic carbocycles. The van der Waals surface area contributed by atoms with Crippen molar-refractivity contribution in [1.29, 1.82) is 0 Å². The molecule has 0 saturated heterocycles. The van der Waals surface area contributed by atoms with E-state index in [-0.39, 0.29) is 0 Å². The lowest BCUT2D eigenvalue weighted by atomic mass is 10.3. The summed E-state index contributed by atoms with van der Waals surface area (Å²) < 4.78 is 12.8. The molecule has 2 heterocycles. The molecule has 2 aromatic heterocycles. The molecule has 6 heteroatoms. The number of ether oxygens (including phenoxy) is 1. The van der Waals surface area contributed by atoms with Gasteiger partial charge in [0.15, 0.2) is 11.5 Å². The minimum absolute atomic E-state index is 0.363. The lowest BCUT2D eigenvalue weighted by Gasteiger charge is -2.04. The monoisotopic (exact) mass is 278 g/mol. The fraction of sp³-hybridized carbons (Fsp3) is 0.571. The highest BCUT2D eigenvalue weighted by molar-refractivity contribution is 5.31. The molecule has 6 nitrogen and oxygen atoms in total. The Labute approximate surface area is 119 Å². The van der Waals surface area contributed by atoms with Crippen LogP contribution in [0.2, 0.25) is 0 Å². The van der Waals surface area contributed by atoms with E-state index in [1.165, 1.54) is 0 Å². The van der Waals surface area contributed by atoms with Gasteiger partial charge in [-0.05, 0) is 13.8 Å². The molecule has 110 valence electrons. The molecular formula is C14H22N4O2. The number of nitrogens with zero attached hydrogens (tertiary/aromatic N) is 3. The summed E-state index contributed by atoms with van der Waals surface area (Å²) in [5.74, 6) is 1.53. The van der Waals surface area contributed by atoms with Gasteiger partial charge in [0.25, 0.3) is 0 Å². The van der Waals surface area contributed by atoms with Gasteiger partial charge in [0.05, 0.1) is 11.4 Å². The van der Waals surface area contributed by atoms with Crippen molar-refractivity contribution in [2.45, 2.75) is 46.9 Å². The quantitative estimate of drug-likeness (QED) is 0.876. The average Bonchev–Trinajstić information content (AvgIpc) is 2.92. The summed E-state index contributed by atoms with van der Waals surface area (Å²) >= 11 is 0. The normalized spacial score (nSPS) is 11.3. The van der Waals surface area contributed by atoms with Crippen molar-refractivity contribution in [2.75, 3.05) is 0 Å². The summed E-state index contributed by atoms with van der Waals surface area (Å²) in [5.41, 5.74) is 2.77. The van der Waals surface area contributed by atoms with Gasteiger partial charge >= 0.3 is 0 Å². The van der Waals surface area contributed by atoms with E-state index in [4.69, 9.17) is 9.26 Å². The van der Waals surface area contributed by atoms with Gasteiger partial charge in [-0.3, -0.25) is 4.68 Å². The van der Waals surface area contributed by atoms with Gasteiger partial charge in [-0.2, -0.15) is 5.10 Å². The number of aryl methyl sites for hydroxylation is 2. The van der Waals surface area contributed by atoms with E-state index >= 15 is 0 Å². The Morgan fingerprint density at radius 2 is 2.15 bits per heavy atom. The lowest BCUT2D eigenvalue weighted by molar-refractivity contribution is 0.245. The van der Waals surface area contributed by atoms with Crippen LogP contribution in [0.5, 0.6) is 5.75 Å². The SMILES string of the molecule is Cc1nn(C)c(C)c1OCc1cc(CNC(C)C)no1. The highest BCUT2D eigenvalue weighted by Crippen LogP contribution is 2.22. The van der Waals surface area contributed by atoms with Crippen LogP contribution in [0.15, 0.2) is 10.6 Å². The molecule has 0 saturated carbocycles. The number of aromatic nitrogens is 3. The molecule has 0 radical (unpaired) electrons. The van der Waals surface area contributed by atoms with Crippen molar-refractivity contribution >= 4 is 0 Å². The lowest BCUT2D eigenvalue weighted by Crippen LogP contribution is -2.21. The maximum atomic E-state index is 5.78. The van der Waals surface area contributed by atoms with Crippen LogP contribution in [-0.2, 0) is 20.2 Å². The molecule has 1 N–H and O–H groups in total. The summed E-state index contributed by atoms with van der Waals surface area (Å²) in [6.45, 7) is 9.17. The number of hydrogen-bond acceptors (Lipinski definition) is 5. The molecule has 20 heavy (non-hydrogen) atoms. The fourth-order valence-corrected chi connectivity index (χ4v) is 1.92. The van der Waals surface area contributed by atoms with Crippen molar-refractivity contribution in [3.63, 3.8) is 0 Å². The minimum atomic E-state index is 0.363. The molecular weight excluding hydrogens is 256 g/mol. The van der Waals surface area contributed by atoms with Crippen molar-refractivity contribution in [2.24, 2.45) is 7.05 Å². The summed E-state index contributed by atoms with van der Waals surface area (Å²) in [6, 6.07) is 2.34. The predicted octanol–water partition coefficient (Wildman–Crippen LogP) is 2.10. The third kappa shape index (κ3) is 3.39. The second-order valence-corrected chi connectivity index (χ2v) is 5.23. The highest BCUT2D eigenvalue weighted by atomic mass is 16.5. The Morgan fingerprint density at radius 3 is 2.75 bits per heavy atom. The van der Waals surface area contributed by atoms with E-state index in [2.05, 4.69) is 29.4 Å². The van der Waals surface area contributed by atoms with Crippen LogP contribution in [0.4, 0.5) is 0 Å². The van der Waals surface area contributed by atoms with E-state index in [9.17, 15) is 0 Å². The van der Waals surface area contributed by atoms with E-state index in [0.717, 1.165) is 22.8 Å². The first-order valence-corrected chi connectivity index (χ1v) is 6.78. The van der Waals surface area contributed by atoms with Crippen LogP contribution in [0.3, 0.4) is 0 Å². The Kier molecular flexibility index (Phi) is 4.44. The fourth-order valence-electron chi connectivity index (χ4n) is 1.92. The van der Waals surface area contributed by atoms with E-state index in [1.54, 1.807) is 0 Å². The molecule has 0 aliphatic carbocycles. The van der Waals surface area contributed by atoms with Gasteiger partial charge in [-0.1, -0.05) is 19.0 Å². The van der Waals surface area contributed by atoms with Gasteiger partial charge in [0.1, 0.15) is 12.3 Å².